The number of sulfonamides is 1. The fraction of sp³-hybridized carbons (Fsp3) is 0.412. The van der Waals surface area contributed by atoms with Gasteiger partial charge < -0.3 is 14.4 Å². The molecule has 0 radical (unpaired) electrons. The molecule has 2 aromatic rings. The van der Waals surface area contributed by atoms with E-state index in [1.807, 2.05) is 4.90 Å². The third-order valence-corrected chi connectivity index (χ3v) is 6.41. The second-order valence-corrected chi connectivity index (χ2v) is 7.82. The maximum absolute atomic E-state index is 13.1. The molecule has 0 N–H and O–H groups in total. The molecular weight excluding hydrogens is 356 g/mol. The van der Waals surface area contributed by atoms with Gasteiger partial charge in [-0.2, -0.15) is 4.31 Å². The zero-order chi connectivity index (χ0) is 18.7. The zero-order valence-corrected chi connectivity index (χ0v) is 15.9. The van der Waals surface area contributed by atoms with Gasteiger partial charge in [0.1, 0.15) is 0 Å². The van der Waals surface area contributed by atoms with Crippen LogP contribution < -0.4 is 14.4 Å². The van der Waals surface area contributed by atoms with Gasteiger partial charge in [-0.15, -0.1) is 0 Å². The Bertz CT molecular complexity index is 866. The van der Waals surface area contributed by atoms with Crippen LogP contribution in [0.5, 0.6) is 11.5 Å². The Hall–Kier alpha value is -2.39. The summed E-state index contributed by atoms with van der Waals surface area (Å²) < 4.78 is 38.2. The van der Waals surface area contributed by atoms with Gasteiger partial charge in [-0.3, -0.25) is 0 Å². The number of piperazine rings is 1. The number of rotatable bonds is 5. The summed E-state index contributed by atoms with van der Waals surface area (Å²) in [7, 11) is -0.613. The average molecular weight is 378 g/mol. The summed E-state index contributed by atoms with van der Waals surface area (Å²) in [5.41, 5.74) is 0.622. The molecule has 0 unspecified atom stereocenters. The van der Waals surface area contributed by atoms with E-state index >= 15 is 0 Å². The fourth-order valence-corrected chi connectivity index (χ4v) is 4.61. The lowest BCUT2D eigenvalue weighted by Crippen LogP contribution is -2.49. The van der Waals surface area contributed by atoms with Crippen LogP contribution in [0.1, 0.15) is 5.56 Å². The van der Waals surface area contributed by atoms with Crippen LogP contribution in [0.15, 0.2) is 35.5 Å². The SMILES string of the molecule is COc1cc(C)c(S(=O)(=O)N2CCN(c3ncccn3)CC2)cc1OC. The fourth-order valence-electron chi connectivity index (χ4n) is 2.96. The van der Waals surface area contributed by atoms with Gasteiger partial charge in [0.05, 0.1) is 19.1 Å². The topological polar surface area (TPSA) is 84.9 Å². The first-order valence-electron chi connectivity index (χ1n) is 8.22. The number of methoxy groups -OCH3 is 2. The van der Waals surface area contributed by atoms with Gasteiger partial charge >= 0.3 is 0 Å². The van der Waals surface area contributed by atoms with Crippen LogP contribution in [0.3, 0.4) is 0 Å². The van der Waals surface area contributed by atoms with Crippen molar-refractivity contribution in [2.45, 2.75) is 11.8 Å². The second kappa shape index (κ2) is 7.46. The lowest BCUT2D eigenvalue weighted by molar-refractivity contribution is 0.352. The van der Waals surface area contributed by atoms with Crippen molar-refractivity contribution >= 4 is 16.0 Å². The molecule has 0 amide bonds. The first-order valence-corrected chi connectivity index (χ1v) is 9.66. The van der Waals surface area contributed by atoms with Crippen LogP contribution in [0.25, 0.3) is 0 Å². The van der Waals surface area contributed by atoms with Gasteiger partial charge in [-0.05, 0) is 24.6 Å². The highest BCUT2D eigenvalue weighted by Gasteiger charge is 2.31. The van der Waals surface area contributed by atoms with Crippen molar-refractivity contribution in [3.8, 4) is 11.5 Å². The molecule has 0 saturated carbocycles. The molecule has 140 valence electrons. The molecule has 0 atom stereocenters. The molecular formula is C17H22N4O4S. The normalized spacial score (nSPS) is 15.7. The Morgan fingerprint density at radius 3 is 2.12 bits per heavy atom. The van der Waals surface area contributed by atoms with Gasteiger partial charge in [0.2, 0.25) is 16.0 Å². The molecule has 0 aliphatic carbocycles. The Morgan fingerprint density at radius 1 is 0.962 bits per heavy atom. The number of nitrogens with zero attached hydrogens (tertiary/aromatic N) is 4. The molecule has 2 heterocycles. The number of hydrogen-bond donors (Lipinski definition) is 0. The highest BCUT2D eigenvalue weighted by molar-refractivity contribution is 7.89. The predicted molar refractivity (Wildman–Crippen MR) is 97.3 cm³/mol. The first-order chi connectivity index (χ1) is 12.5. The minimum Gasteiger partial charge on any atom is -0.493 e. The highest BCUT2D eigenvalue weighted by Crippen LogP contribution is 2.33. The highest BCUT2D eigenvalue weighted by atomic mass is 32.2. The van der Waals surface area contributed by atoms with E-state index in [2.05, 4.69) is 9.97 Å². The zero-order valence-electron chi connectivity index (χ0n) is 15.0. The Labute approximate surface area is 153 Å². The van der Waals surface area contributed by atoms with Gasteiger partial charge in [0.25, 0.3) is 0 Å². The number of anilines is 1. The van der Waals surface area contributed by atoms with E-state index in [1.165, 1.54) is 24.6 Å². The summed E-state index contributed by atoms with van der Waals surface area (Å²) in [5, 5.41) is 0. The summed E-state index contributed by atoms with van der Waals surface area (Å²) >= 11 is 0. The van der Waals surface area contributed by atoms with Crippen molar-refractivity contribution in [1.82, 2.24) is 14.3 Å². The first kappa shape index (κ1) is 18.4. The van der Waals surface area contributed by atoms with Crippen molar-refractivity contribution in [3.63, 3.8) is 0 Å². The number of aryl methyl sites for hydroxylation is 1. The summed E-state index contributed by atoms with van der Waals surface area (Å²) in [6.07, 6.45) is 3.36. The molecule has 1 aliphatic rings. The van der Waals surface area contributed by atoms with Crippen molar-refractivity contribution in [2.75, 3.05) is 45.3 Å². The van der Waals surface area contributed by atoms with E-state index in [-0.39, 0.29) is 4.90 Å². The summed E-state index contributed by atoms with van der Waals surface area (Å²) in [6, 6.07) is 4.96. The second-order valence-electron chi connectivity index (χ2n) is 5.91. The Kier molecular flexibility index (Phi) is 5.28. The number of aromatic nitrogens is 2. The monoisotopic (exact) mass is 378 g/mol. The number of benzene rings is 1. The summed E-state index contributed by atoms with van der Waals surface area (Å²) in [6.45, 7) is 3.57. The van der Waals surface area contributed by atoms with Crippen molar-refractivity contribution in [1.29, 1.82) is 0 Å². The number of ether oxygens (including phenoxy) is 2. The van der Waals surface area contributed by atoms with Crippen molar-refractivity contribution < 1.29 is 17.9 Å². The molecule has 26 heavy (non-hydrogen) atoms. The van der Waals surface area contributed by atoms with Crippen molar-refractivity contribution in [2.24, 2.45) is 0 Å². The van der Waals surface area contributed by atoms with E-state index in [9.17, 15) is 8.42 Å². The standard InChI is InChI=1S/C17H22N4O4S/c1-13-11-14(24-2)15(25-3)12-16(13)26(22,23)21-9-7-20(8-10-21)17-18-5-4-6-19-17/h4-6,11-12H,7-10H2,1-3H3. The van der Waals surface area contributed by atoms with Crippen LogP contribution in [-0.2, 0) is 10.0 Å². The minimum absolute atomic E-state index is 0.236. The molecule has 1 aromatic carbocycles. The molecule has 0 bridgehead atoms. The van der Waals surface area contributed by atoms with Gasteiger partial charge in [0, 0.05) is 44.6 Å². The molecule has 0 spiro atoms. The molecule has 1 fully saturated rings. The van der Waals surface area contributed by atoms with Crippen molar-refractivity contribution in [3.05, 3.63) is 36.2 Å². The largest absolute Gasteiger partial charge is 0.493 e. The van der Waals surface area contributed by atoms with Gasteiger partial charge in [0.15, 0.2) is 11.5 Å². The predicted octanol–water partition coefficient (Wildman–Crippen LogP) is 1.31. The molecule has 1 aromatic heterocycles. The third-order valence-electron chi connectivity index (χ3n) is 4.37. The molecule has 3 rings (SSSR count). The van der Waals surface area contributed by atoms with Crippen LogP contribution in [0.4, 0.5) is 5.95 Å². The molecule has 1 saturated heterocycles. The number of hydrogen-bond acceptors (Lipinski definition) is 7. The van der Waals surface area contributed by atoms with Crippen LogP contribution in [0, 0.1) is 6.92 Å². The summed E-state index contributed by atoms with van der Waals surface area (Å²) in [5.74, 6) is 1.52. The van der Waals surface area contributed by atoms with E-state index in [0.717, 1.165) is 0 Å². The van der Waals surface area contributed by atoms with Gasteiger partial charge in [-0.1, -0.05) is 0 Å². The third kappa shape index (κ3) is 3.45. The lowest BCUT2D eigenvalue weighted by atomic mass is 10.2. The molecule has 1 aliphatic heterocycles. The van der Waals surface area contributed by atoms with Gasteiger partial charge in [-0.25, -0.2) is 18.4 Å². The smallest absolute Gasteiger partial charge is 0.243 e. The van der Waals surface area contributed by atoms with E-state index in [4.69, 9.17) is 9.47 Å². The van der Waals surface area contributed by atoms with Crippen LogP contribution >= 0.6 is 0 Å². The van der Waals surface area contributed by atoms with E-state index in [0.29, 0.717) is 49.2 Å². The molecule has 9 heteroatoms. The van der Waals surface area contributed by atoms with E-state index in [1.54, 1.807) is 31.5 Å². The van der Waals surface area contributed by atoms with Crippen LogP contribution in [0.2, 0.25) is 0 Å². The van der Waals surface area contributed by atoms with Crippen LogP contribution in [-0.4, -0.2) is 63.1 Å². The maximum atomic E-state index is 13.1. The maximum Gasteiger partial charge on any atom is 0.243 e. The molecule has 8 nitrogen and oxygen atoms in total. The lowest BCUT2D eigenvalue weighted by Gasteiger charge is -2.34. The summed E-state index contributed by atoms with van der Waals surface area (Å²) in [4.78, 5) is 10.7. The van der Waals surface area contributed by atoms with E-state index < -0.39 is 10.0 Å². The Morgan fingerprint density at radius 2 is 1.54 bits per heavy atom. The average Bonchev–Trinajstić information content (AvgIpc) is 2.68. The minimum atomic E-state index is -3.63. The quantitative estimate of drug-likeness (QED) is 0.775. The Balaban J connectivity index is 1.82.